The second kappa shape index (κ2) is 8.96. The number of piperidine rings is 1. The summed E-state index contributed by atoms with van der Waals surface area (Å²) in [5.41, 5.74) is 2.93. The number of carbonyl (C=O) groups excluding carboxylic acids is 1. The Bertz CT molecular complexity index is 1160. The summed E-state index contributed by atoms with van der Waals surface area (Å²) in [4.78, 5) is 24.5. The van der Waals surface area contributed by atoms with Gasteiger partial charge in [0.2, 0.25) is 16.0 Å². The number of pyridine rings is 1. The number of nitrogens with zero attached hydrogens (tertiary/aromatic N) is 5. The molecule has 4 aromatic rings. The zero-order valence-corrected chi connectivity index (χ0v) is 18.6. The first-order valence-electron chi connectivity index (χ1n) is 10.6. The number of benzene rings is 1. The van der Waals surface area contributed by atoms with Crippen LogP contribution in [0.15, 0.2) is 55.0 Å². The molecule has 0 spiro atoms. The Morgan fingerprint density at radius 3 is 2.72 bits per heavy atom. The fourth-order valence-electron chi connectivity index (χ4n) is 3.89. The zero-order valence-electron chi connectivity index (χ0n) is 17.8. The first kappa shape index (κ1) is 20.4. The van der Waals surface area contributed by atoms with Gasteiger partial charge in [-0.25, -0.2) is 9.50 Å². The number of rotatable bonds is 6. The van der Waals surface area contributed by atoms with Gasteiger partial charge in [-0.1, -0.05) is 17.4 Å². The van der Waals surface area contributed by atoms with E-state index in [2.05, 4.69) is 15.2 Å². The number of anilines is 1. The molecule has 4 heterocycles. The number of fused-ring (bicyclic) bond motifs is 1. The Kier molecular flexibility index (Phi) is 5.72. The minimum absolute atomic E-state index is 0.0358. The van der Waals surface area contributed by atoms with Crippen LogP contribution < -0.4 is 15.0 Å². The molecule has 5 rings (SSSR count). The van der Waals surface area contributed by atoms with Crippen molar-refractivity contribution in [2.45, 2.75) is 19.4 Å². The molecule has 1 saturated heterocycles. The van der Waals surface area contributed by atoms with E-state index in [1.54, 1.807) is 30.8 Å². The number of nitrogens with one attached hydrogen (secondary N) is 1. The van der Waals surface area contributed by atoms with Gasteiger partial charge in [-0.2, -0.15) is 0 Å². The number of methoxy groups -OCH3 is 1. The van der Waals surface area contributed by atoms with E-state index in [1.807, 2.05) is 47.1 Å². The minimum atomic E-state index is 0.0358. The van der Waals surface area contributed by atoms with Crippen LogP contribution in [0.2, 0.25) is 0 Å². The SMILES string of the molecule is COc1ccc(-c2cn3nc(N4CCC(C(=O)NCc5cccnc5)CC4)sc3n2)cc1. The van der Waals surface area contributed by atoms with Crippen LogP contribution in [0.1, 0.15) is 18.4 Å². The number of aromatic nitrogens is 4. The molecule has 3 aromatic heterocycles. The van der Waals surface area contributed by atoms with Gasteiger partial charge in [0.25, 0.3) is 0 Å². The normalized spacial score (nSPS) is 14.6. The van der Waals surface area contributed by atoms with Crippen molar-refractivity contribution in [1.29, 1.82) is 0 Å². The van der Waals surface area contributed by atoms with E-state index in [4.69, 9.17) is 14.8 Å². The van der Waals surface area contributed by atoms with Crippen LogP contribution in [0.5, 0.6) is 5.75 Å². The van der Waals surface area contributed by atoms with E-state index in [0.29, 0.717) is 6.54 Å². The summed E-state index contributed by atoms with van der Waals surface area (Å²) in [5.74, 6) is 0.976. The number of carbonyl (C=O) groups is 1. The average Bonchev–Trinajstić information content (AvgIpc) is 3.43. The van der Waals surface area contributed by atoms with Gasteiger partial charge < -0.3 is 15.0 Å². The fourth-order valence-corrected chi connectivity index (χ4v) is 4.82. The van der Waals surface area contributed by atoms with Crippen LogP contribution in [-0.4, -0.2) is 45.7 Å². The van der Waals surface area contributed by atoms with Gasteiger partial charge in [-0.05, 0) is 48.7 Å². The molecule has 1 amide bonds. The van der Waals surface area contributed by atoms with Crippen molar-refractivity contribution in [3.8, 4) is 17.0 Å². The highest BCUT2D eigenvalue weighted by molar-refractivity contribution is 7.20. The van der Waals surface area contributed by atoms with E-state index in [9.17, 15) is 4.79 Å². The van der Waals surface area contributed by atoms with Crippen LogP contribution in [-0.2, 0) is 11.3 Å². The Morgan fingerprint density at radius 1 is 1.22 bits per heavy atom. The van der Waals surface area contributed by atoms with Gasteiger partial charge in [0.05, 0.1) is 19.0 Å². The lowest BCUT2D eigenvalue weighted by Crippen LogP contribution is -2.40. The highest BCUT2D eigenvalue weighted by Crippen LogP contribution is 2.30. The summed E-state index contributed by atoms with van der Waals surface area (Å²) in [5, 5.41) is 8.71. The predicted molar refractivity (Wildman–Crippen MR) is 124 cm³/mol. The third kappa shape index (κ3) is 4.29. The lowest BCUT2D eigenvalue weighted by atomic mass is 9.96. The van der Waals surface area contributed by atoms with Gasteiger partial charge in [-0.3, -0.25) is 9.78 Å². The molecule has 0 aliphatic carbocycles. The number of amides is 1. The second-order valence-corrected chi connectivity index (χ2v) is 8.74. The molecule has 32 heavy (non-hydrogen) atoms. The monoisotopic (exact) mass is 448 g/mol. The van der Waals surface area contributed by atoms with Gasteiger partial charge in [0, 0.05) is 43.5 Å². The van der Waals surface area contributed by atoms with Gasteiger partial charge in [0.1, 0.15) is 5.75 Å². The maximum atomic E-state index is 12.5. The van der Waals surface area contributed by atoms with Crippen LogP contribution in [0, 0.1) is 5.92 Å². The number of hydrogen-bond acceptors (Lipinski definition) is 7. The van der Waals surface area contributed by atoms with Crippen LogP contribution >= 0.6 is 11.3 Å². The van der Waals surface area contributed by atoms with Crippen molar-refractivity contribution in [3.05, 3.63) is 60.6 Å². The molecule has 8 nitrogen and oxygen atoms in total. The zero-order chi connectivity index (χ0) is 21.9. The van der Waals surface area contributed by atoms with Crippen molar-refractivity contribution in [1.82, 2.24) is 24.9 Å². The topological polar surface area (TPSA) is 84.7 Å². The highest BCUT2D eigenvalue weighted by Gasteiger charge is 2.26. The Morgan fingerprint density at radius 2 is 2.03 bits per heavy atom. The van der Waals surface area contributed by atoms with Crippen LogP contribution in [0.25, 0.3) is 16.2 Å². The fraction of sp³-hybridized carbons (Fsp3) is 0.304. The largest absolute Gasteiger partial charge is 0.497 e. The number of hydrogen-bond donors (Lipinski definition) is 1. The number of imidazole rings is 1. The van der Waals surface area contributed by atoms with Gasteiger partial charge >= 0.3 is 0 Å². The van der Waals surface area contributed by atoms with Crippen molar-refractivity contribution >= 4 is 27.3 Å². The molecule has 0 atom stereocenters. The van der Waals surface area contributed by atoms with Crippen molar-refractivity contribution in [2.75, 3.05) is 25.1 Å². The molecule has 0 radical (unpaired) electrons. The molecule has 1 fully saturated rings. The Hall–Kier alpha value is -3.46. The molecule has 1 aliphatic rings. The van der Waals surface area contributed by atoms with Crippen molar-refractivity contribution < 1.29 is 9.53 Å². The lowest BCUT2D eigenvalue weighted by molar-refractivity contribution is -0.125. The Balaban J connectivity index is 1.18. The smallest absolute Gasteiger partial charge is 0.223 e. The third-order valence-electron chi connectivity index (χ3n) is 5.74. The molecule has 0 saturated carbocycles. The molecule has 1 aliphatic heterocycles. The summed E-state index contributed by atoms with van der Waals surface area (Å²) in [6, 6.07) is 11.7. The molecule has 164 valence electrons. The summed E-state index contributed by atoms with van der Waals surface area (Å²) < 4.78 is 7.06. The van der Waals surface area contributed by atoms with E-state index < -0.39 is 0 Å². The molecule has 1 N–H and O–H groups in total. The molecule has 0 unspecified atom stereocenters. The van der Waals surface area contributed by atoms with Crippen LogP contribution in [0.3, 0.4) is 0 Å². The third-order valence-corrected chi connectivity index (χ3v) is 6.73. The minimum Gasteiger partial charge on any atom is -0.497 e. The summed E-state index contributed by atoms with van der Waals surface area (Å²) in [6.45, 7) is 2.15. The first-order valence-corrected chi connectivity index (χ1v) is 11.4. The molecular weight excluding hydrogens is 424 g/mol. The molecular formula is C23H24N6O2S. The molecule has 0 bridgehead atoms. The standard InChI is InChI=1S/C23H24N6O2S/c1-31-19-6-4-17(5-7-19)20-15-29-22(26-20)32-23(27-29)28-11-8-18(9-12-28)21(30)25-14-16-3-2-10-24-13-16/h2-7,10,13,15,18H,8-9,11-12,14H2,1H3,(H,25,30). The average molecular weight is 449 g/mol. The van der Waals surface area contributed by atoms with E-state index in [0.717, 1.165) is 58.6 Å². The predicted octanol–water partition coefficient (Wildman–Crippen LogP) is 3.39. The number of ether oxygens (including phenoxy) is 1. The highest BCUT2D eigenvalue weighted by atomic mass is 32.1. The molecule has 1 aromatic carbocycles. The van der Waals surface area contributed by atoms with Crippen LogP contribution in [0.4, 0.5) is 5.13 Å². The van der Waals surface area contributed by atoms with E-state index >= 15 is 0 Å². The Labute approximate surface area is 189 Å². The quantitative estimate of drug-likeness (QED) is 0.487. The van der Waals surface area contributed by atoms with Crippen molar-refractivity contribution in [2.24, 2.45) is 5.92 Å². The summed E-state index contributed by atoms with van der Waals surface area (Å²) in [6.07, 6.45) is 7.10. The van der Waals surface area contributed by atoms with Crippen molar-refractivity contribution in [3.63, 3.8) is 0 Å². The lowest BCUT2D eigenvalue weighted by Gasteiger charge is -2.30. The van der Waals surface area contributed by atoms with Gasteiger partial charge in [0.15, 0.2) is 0 Å². The van der Waals surface area contributed by atoms with E-state index in [-0.39, 0.29) is 11.8 Å². The van der Waals surface area contributed by atoms with E-state index in [1.165, 1.54) is 0 Å². The van der Waals surface area contributed by atoms with Gasteiger partial charge in [-0.15, -0.1) is 5.10 Å². The first-order chi connectivity index (χ1) is 15.7. The summed E-state index contributed by atoms with van der Waals surface area (Å²) in [7, 11) is 1.66. The second-order valence-electron chi connectivity index (χ2n) is 7.81. The maximum Gasteiger partial charge on any atom is 0.223 e. The summed E-state index contributed by atoms with van der Waals surface area (Å²) >= 11 is 1.58. The maximum absolute atomic E-state index is 12.5. The molecule has 9 heteroatoms.